The highest BCUT2D eigenvalue weighted by molar-refractivity contribution is 5.80. The van der Waals surface area contributed by atoms with E-state index in [4.69, 9.17) is 14.2 Å². The molecular weight excluding hydrogens is 350 g/mol. The molecule has 2 saturated heterocycles. The van der Waals surface area contributed by atoms with Gasteiger partial charge in [-0.2, -0.15) is 0 Å². The normalized spacial score (nSPS) is 19.5. The molecule has 148 valence electrons. The number of benzene rings is 1. The minimum absolute atomic E-state index is 0.0904. The van der Waals surface area contributed by atoms with Gasteiger partial charge in [0.05, 0.1) is 20.3 Å². The lowest BCUT2D eigenvalue weighted by atomic mass is 10.0. The number of carbonyl (C=O) groups excluding carboxylic acids is 2. The third-order valence-electron chi connectivity index (χ3n) is 5.22. The summed E-state index contributed by atoms with van der Waals surface area (Å²) in [7, 11) is 3.19. The maximum Gasteiger partial charge on any atom is 0.317 e. The van der Waals surface area contributed by atoms with Gasteiger partial charge in [-0.25, -0.2) is 4.79 Å². The van der Waals surface area contributed by atoms with E-state index < -0.39 is 5.72 Å². The quantitative estimate of drug-likeness (QED) is 0.817. The first kappa shape index (κ1) is 19.3. The SMILES string of the molecule is CCC(NC(=O)N1CCC2(CC1)NC(=O)CO2)c1ccc(OC)c(OC)c1. The van der Waals surface area contributed by atoms with Gasteiger partial charge in [0.25, 0.3) is 0 Å². The molecule has 0 bridgehead atoms. The molecule has 3 rings (SSSR count). The summed E-state index contributed by atoms with van der Waals surface area (Å²) in [5.74, 6) is 1.20. The zero-order chi connectivity index (χ0) is 19.4. The zero-order valence-corrected chi connectivity index (χ0v) is 16.0. The highest BCUT2D eigenvalue weighted by atomic mass is 16.5. The summed E-state index contributed by atoms with van der Waals surface area (Å²) in [4.78, 5) is 25.9. The van der Waals surface area contributed by atoms with E-state index in [0.29, 0.717) is 37.4 Å². The molecule has 2 N–H and O–H groups in total. The number of nitrogens with one attached hydrogen (secondary N) is 2. The Morgan fingerprint density at radius 2 is 2.00 bits per heavy atom. The fourth-order valence-electron chi connectivity index (χ4n) is 3.60. The van der Waals surface area contributed by atoms with E-state index >= 15 is 0 Å². The number of carbonyl (C=O) groups is 2. The monoisotopic (exact) mass is 377 g/mol. The Hall–Kier alpha value is -2.48. The van der Waals surface area contributed by atoms with Gasteiger partial charge in [-0.15, -0.1) is 0 Å². The molecule has 0 radical (unpaired) electrons. The summed E-state index contributed by atoms with van der Waals surface area (Å²) in [5.41, 5.74) is 0.366. The van der Waals surface area contributed by atoms with Crippen LogP contribution in [0.25, 0.3) is 0 Å². The molecular formula is C19H27N3O5. The summed E-state index contributed by atoms with van der Waals surface area (Å²) >= 11 is 0. The third kappa shape index (κ3) is 4.10. The minimum Gasteiger partial charge on any atom is -0.493 e. The number of ether oxygens (including phenoxy) is 3. The lowest BCUT2D eigenvalue weighted by Gasteiger charge is -2.38. The first-order valence-electron chi connectivity index (χ1n) is 9.22. The van der Waals surface area contributed by atoms with Gasteiger partial charge in [-0.05, 0) is 24.1 Å². The van der Waals surface area contributed by atoms with Crippen LogP contribution in [0.3, 0.4) is 0 Å². The van der Waals surface area contributed by atoms with Crippen molar-refractivity contribution in [3.8, 4) is 11.5 Å². The fourth-order valence-corrected chi connectivity index (χ4v) is 3.60. The summed E-state index contributed by atoms with van der Waals surface area (Å²) in [5, 5.41) is 5.98. The molecule has 0 aromatic heterocycles. The Labute approximate surface area is 159 Å². The molecule has 27 heavy (non-hydrogen) atoms. The lowest BCUT2D eigenvalue weighted by Crippen LogP contribution is -2.55. The number of urea groups is 1. The Kier molecular flexibility index (Phi) is 5.74. The molecule has 2 fully saturated rings. The van der Waals surface area contributed by atoms with Crippen LogP contribution in [0.1, 0.15) is 37.8 Å². The van der Waals surface area contributed by atoms with E-state index in [1.165, 1.54) is 0 Å². The predicted octanol–water partition coefficient (Wildman–Crippen LogP) is 1.80. The van der Waals surface area contributed by atoms with E-state index in [1.807, 2.05) is 25.1 Å². The van der Waals surface area contributed by atoms with Crippen LogP contribution in [-0.4, -0.2) is 56.5 Å². The number of nitrogens with zero attached hydrogens (tertiary/aromatic N) is 1. The Morgan fingerprint density at radius 3 is 2.56 bits per heavy atom. The van der Waals surface area contributed by atoms with Gasteiger partial charge in [0, 0.05) is 25.9 Å². The fraction of sp³-hybridized carbons (Fsp3) is 0.579. The minimum atomic E-state index is -0.596. The van der Waals surface area contributed by atoms with Crippen molar-refractivity contribution < 1.29 is 23.8 Å². The molecule has 1 atom stereocenters. The van der Waals surface area contributed by atoms with E-state index in [9.17, 15) is 9.59 Å². The molecule has 2 aliphatic rings. The van der Waals surface area contributed by atoms with Gasteiger partial charge in [0.1, 0.15) is 12.3 Å². The van der Waals surface area contributed by atoms with Crippen LogP contribution in [0.15, 0.2) is 18.2 Å². The van der Waals surface area contributed by atoms with E-state index in [1.54, 1.807) is 19.1 Å². The highest BCUT2D eigenvalue weighted by Crippen LogP contribution is 2.31. The number of rotatable bonds is 5. The molecule has 1 aromatic carbocycles. The molecule has 2 heterocycles. The molecule has 1 spiro atoms. The number of hydrogen-bond donors (Lipinski definition) is 2. The number of piperidine rings is 1. The molecule has 8 heteroatoms. The Balaban J connectivity index is 1.61. The smallest absolute Gasteiger partial charge is 0.317 e. The predicted molar refractivity (Wildman–Crippen MR) is 98.7 cm³/mol. The molecule has 8 nitrogen and oxygen atoms in total. The molecule has 1 unspecified atom stereocenters. The van der Waals surface area contributed by atoms with E-state index in [0.717, 1.165) is 12.0 Å². The first-order valence-corrected chi connectivity index (χ1v) is 9.22. The van der Waals surface area contributed by atoms with Gasteiger partial charge < -0.3 is 29.7 Å². The largest absolute Gasteiger partial charge is 0.493 e. The number of amides is 3. The van der Waals surface area contributed by atoms with Crippen molar-refractivity contribution in [2.45, 2.75) is 38.0 Å². The molecule has 0 aliphatic carbocycles. The molecule has 1 aromatic rings. The van der Waals surface area contributed by atoms with Crippen molar-refractivity contribution in [3.63, 3.8) is 0 Å². The second-order valence-corrected chi connectivity index (χ2v) is 6.84. The topological polar surface area (TPSA) is 89.1 Å². The number of methoxy groups -OCH3 is 2. The number of hydrogen-bond acceptors (Lipinski definition) is 5. The van der Waals surface area contributed by atoms with Gasteiger partial charge in [0.15, 0.2) is 11.5 Å². The van der Waals surface area contributed by atoms with Crippen LogP contribution in [0.5, 0.6) is 11.5 Å². The first-order chi connectivity index (χ1) is 13.0. The maximum atomic E-state index is 12.7. The van der Waals surface area contributed by atoms with E-state index in [-0.39, 0.29) is 24.6 Å². The van der Waals surface area contributed by atoms with Gasteiger partial charge >= 0.3 is 6.03 Å². The van der Waals surface area contributed by atoms with Crippen LogP contribution in [0.4, 0.5) is 4.79 Å². The zero-order valence-electron chi connectivity index (χ0n) is 16.0. The average Bonchev–Trinajstić information content (AvgIpc) is 3.05. The summed E-state index contributed by atoms with van der Waals surface area (Å²) < 4.78 is 16.2. The Morgan fingerprint density at radius 1 is 1.30 bits per heavy atom. The van der Waals surface area contributed by atoms with Gasteiger partial charge in [-0.1, -0.05) is 13.0 Å². The standard InChI is InChI=1S/C19H27N3O5/c1-4-14(13-5-6-15(25-2)16(11-13)26-3)20-18(24)22-9-7-19(8-10-22)21-17(23)12-27-19/h5-6,11,14H,4,7-10,12H2,1-3H3,(H,20,24)(H,21,23). The second kappa shape index (κ2) is 8.04. The van der Waals surface area contributed by atoms with Crippen LogP contribution in [0, 0.1) is 0 Å². The van der Waals surface area contributed by atoms with Crippen LogP contribution in [-0.2, 0) is 9.53 Å². The van der Waals surface area contributed by atoms with Crippen LogP contribution < -0.4 is 20.1 Å². The summed E-state index contributed by atoms with van der Waals surface area (Å²) in [6.07, 6.45) is 1.94. The number of likely N-dealkylation sites (tertiary alicyclic amines) is 1. The van der Waals surface area contributed by atoms with E-state index in [2.05, 4.69) is 10.6 Å². The lowest BCUT2D eigenvalue weighted by molar-refractivity contribution is -0.119. The summed E-state index contributed by atoms with van der Waals surface area (Å²) in [6.45, 7) is 3.20. The van der Waals surface area contributed by atoms with Crippen molar-refractivity contribution in [2.24, 2.45) is 0 Å². The van der Waals surface area contributed by atoms with Gasteiger partial charge in [0.2, 0.25) is 5.91 Å². The van der Waals surface area contributed by atoms with Crippen molar-refractivity contribution in [2.75, 3.05) is 33.9 Å². The molecule has 0 saturated carbocycles. The molecule has 3 amide bonds. The van der Waals surface area contributed by atoms with Crippen LogP contribution >= 0.6 is 0 Å². The highest BCUT2D eigenvalue weighted by Gasteiger charge is 2.42. The van der Waals surface area contributed by atoms with Crippen molar-refractivity contribution in [3.05, 3.63) is 23.8 Å². The van der Waals surface area contributed by atoms with Gasteiger partial charge in [-0.3, -0.25) is 4.79 Å². The van der Waals surface area contributed by atoms with Crippen molar-refractivity contribution in [1.29, 1.82) is 0 Å². The second-order valence-electron chi connectivity index (χ2n) is 6.84. The summed E-state index contributed by atoms with van der Waals surface area (Å²) in [6, 6.07) is 5.42. The van der Waals surface area contributed by atoms with Crippen molar-refractivity contribution >= 4 is 11.9 Å². The maximum absolute atomic E-state index is 12.7. The average molecular weight is 377 g/mol. The molecule has 2 aliphatic heterocycles. The third-order valence-corrected chi connectivity index (χ3v) is 5.22. The Bertz CT molecular complexity index is 701. The van der Waals surface area contributed by atoms with Crippen LogP contribution in [0.2, 0.25) is 0 Å². The van der Waals surface area contributed by atoms with Crippen molar-refractivity contribution in [1.82, 2.24) is 15.5 Å².